The second kappa shape index (κ2) is 8.19. The van der Waals surface area contributed by atoms with E-state index in [0.717, 1.165) is 18.7 Å². The van der Waals surface area contributed by atoms with Crippen molar-refractivity contribution in [3.8, 4) is 0 Å². The molecular formula is C16H22N4O2. The van der Waals surface area contributed by atoms with Gasteiger partial charge in [0, 0.05) is 42.8 Å². The van der Waals surface area contributed by atoms with Crippen molar-refractivity contribution in [2.75, 3.05) is 18.5 Å². The number of hydrogen-bond acceptors (Lipinski definition) is 4. The Hall–Kier alpha value is -2.34. The third-order valence-electron chi connectivity index (χ3n) is 3.29. The number of carbonyl (C=O) groups is 1. The maximum absolute atomic E-state index is 11.9. The van der Waals surface area contributed by atoms with Crippen molar-refractivity contribution in [2.24, 2.45) is 0 Å². The molecule has 0 aliphatic rings. The number of anilines is 1. The first-order valence-corrected chi connectivity index (χ1v) is 7.42. The number of rotatable bonds is 8. The Labute approximate surface area is 130 Å². The van der Waals surface area contributed by atoms with Crippen LogP contribution in [0, 0.1) is 0 Å². The number of aryl methyl sites for hydroxylation is 1. The van der Waals surface area contributed by atoms with Crippen LogP contribution in [-0.2, 0) is 6.54 Å². The van der Waals surface area contributed by atoms with Crippen molar-refractivity contribution < 1.29 is 9.90 Å². The van der Waals surface area contributed by atoms with Crippen LogP contribution in [0.2, 0.25) is 0 Å². The lowest BCUT2D eigenvalue weighted by atomic mass is 10.1. The molecule has 22 heavy (non-hydrogen) atoms. The van der Waals surface area contributed by atoms with E-state index in [1.807, 2.05) is 35.1 Å². The lowest BCUT2D eigenvalue weighted by Crippen LogP contribution is -2.26. The van der Waals surface area contributed by atoms with Crippen LogP contribution < -0.4 is 10.6 Å². The van der Waals surface area contributed by atoms with Crippen LogP contribution in [0.4, 0.5) is 5.69 Å². The largest absolute Gasteiger partial charge is 0.395 e. The van der Waals surface area contributed by atoms with Gasteiger partial charge in [0.05, 0.1) is 6.61 Å². The zero-order chi connectivity index (χ0) is 15.8. The lowest BCUT2D eigenvalue weighted by Gasteiger charge is -2.16. The monoisotopic (exact) mass is 302 g/mol. The summed E-state index contributed by atoms with van der Waals surface area (Å²) in [6.45, 7) is 3.14. The molecule has 1 aromatic heterocycles. The van der Waals surface area contributed by atoms with Crippen LogP contribution in [0.1, 0.15) is 23.7 Å². The number of aliphatic hydroxyl groups is 1. The van der Waals surface area contributed by atoms with Gasteiger partial charge in [-0.25, -0.2) is 0 Å². The van der Waals surface area contributed by atoms with E-state index < -0.39 is 0 Å². The van der Waals surface area contributed by atoms with E-state index in [-0.39, 0.29) is 25.1 Å². The highest BCUT2D eigenvalue weighted by molar-refractivity contribution is 5.95. The first kappa shape index (κ1) is 16.0. The Morgan fingerprint density at radius 1 is 1.41 bits per heavy atom. The molecule has 1 atom stereocenters. The zero-order valence-corrected chi connectivity index (χ0v) is 12.7. The molecule has 0 aliphatic carbocycles. The fourth-order valence-corrected chi connectivity index (χ4v) is 2.14. The predicted molar refractivity (Wildman–Crippen MR) is 85.8 cm³/mol. The van der Waals surface area contributed by atoms with Crippen LogP contribution in [0.5, 0.6) is 0 Å². The summed E-state index contributed by atoms with van der Waals surface area (Å²) < 4.78 is 1.90. The Morgan fingerprint density at radius 2 is 2.27 bits per heavy atom. The molecule has 0 saturated carbocycles. The number of benzene rings is 1. The average Bonchev–Trinajstić information content (AvgIpc) is 3.04. The number of amides is 1. The number of hydrogen-bond donors (Lipinski definition) is 3. The first-order valence-electron chi connectivity index (χ1n) is 7.42. The van der Waals surface area contributed by atoms with Gasteiger partial charge in [-0.3, -0.25) is 9.48 Å². The molecule has 0 fully saturated rings. The highest BCUT2D eigenvalue weighted by Crippen LogP contribution is 2.13. The van der Waals surface area contributed by atoms with Gasteiger partial charge in [-0.05, 0) is 37.6 Å². The van der Waals surface area contributed by atoms with Crippen LogP contribution in [0.3, 0.4) is 0 Å². The van der Waals surface area contributed by atoms with Crippen molar-refractivity contribution in [1.82, 2.24) is 15.1 Å². The second-order valence-electron chi connectivity index (χ2n) is 5.16. The van der Waals surface area contributed by atoms with Gasteiger partial charge in [0.15, 0.2) is 0 Å². The van der Waals surface area contributed by atoms with E-state index in [2.05, 4.69) is 22.7 Å². The maximum atomic E-state index is 11.9. The predicted octanol–water partition coefficient (Wildman–Crippen LogP) is 1.50. The Kier molecular flexibility index (Phi) is 5.97. The number of aromatic nitrogens is 2. The summed E-state index contributed by atoms with van der Waals surface area (Å²) in [5.74, 6) is -0.179. The molecule has 3 N–H and O–H groups in total. The van der Waals surface area contributed by atoms with Crippen molar-refractivity contribution in [3.63, 3.8) is 0 Å². The summed E-state index contributed by atoms with van der Waals surface area (Å²) in [4.78, 5) is 11.9. The van der Waals surface area contributed by atoms with E-state index in [4.69, 9.17) is 5.11 Å². The third-order valence-corrected chi connectivity index (χ3v) is 3.29. The topological polar surface area (TPSA) is 79.2 Å². The van der Waals surface area contributed by atoms with Crippen molar-refractivity contribution in [1.29, 1.82) is 0 Å². The smallest absolute Gasteiger partial charge is 0.251 e. The lowest BCUT2D eigenvalue weighted by molar-refractivity contribution is 0.0945. The van der Waals surface area contributed by atoms with Gasteiger partial charge < -0.3 is 15.7 Å². The van der Waals surface area contributed by atoms with Crippen molar-refractivity contribution in [3.05, 3.63) is 48.3 Å². The fraction of sp³-hybridized carbons (Fsp3) is 0.375. The second-order valence-corrected chi connectivity index (χ2v) is 5.16. The summed E-state index contributed by atoms with van der Waals surface area (Å²) in [7, 11) is 0. The Morgan fingerprint density at radius 3 is 3.00 bits per heavy atom. The van der Waals surface area contributed by atoms with E-state index in [0.29, 0.717) is 5.56 Å². The summed E-state index contributed by atoms with van der Waals surface area (Å²) >= 11 is 0. The molecular weight excluding hydrogens is 280 g/mol. The molecule has 0 aliphatic heterocycles. The number of aliphatic hydroxyl groups excluding tert-OH is 1. The minimum Gasteiger partial charge on any atom is -0.395 e. The third kappa shape index (κ3) is 4.89. The molecule has 0 saturated heterocycles. The highest BCUT2D eigenvalue weighted by atomic mass is 16.3. The molecule has 0 radical (unpaired) electrons. The molecule has 6 nitrogen and oxygen atoms in total. The van der Waals surface area contributed by atoms with Gasteiger partial charge in [-0.15, -0.1) is 0 Å². The number of nitrogens with zero attached hydrogens (tertiary/aromatic N) is 2. The van der Waals surface area contributed by atoms with Crippen molar-refractivity contribution in [2.45, 2.75) is 25.9 Å². The van der Waals surface area contributed by atoms with Gasteiger partial charge in [-0.1, -0.05) is 6.07 Å². The number of carbonyl (C=O) groups excluding carboxylic acids is 1. The van der Waals surface area contributed by atoms with E-state index in [1.54, 1.807) is 12.3 Å². The van der Waals surface area contributed by atoms with E-state index in [1.165, 1.54) is 0 Å². The minimum absolute atomic E-state index is 0.0614. The van der Waals surface area contributed by atoms with Crippen LogP contribution in [-0.4, -0.2) is 40.0 Å². The SMILES string of the molecule is CC(CCn1cccn1)Nc1cccc(C(=O)NCCO)c1. The van der Waals surface area contributed by atoms with E-state index in [9.17, 15) is 4.79 Å². The summed E-state index contributed by atoms with van der Waals surface area (Å²) in [5.41, 5.74) is 1.49. The molecule has 1 amide bonds. The average molecular weight is 302 g/mol. The van der Waals surface area contributed by atoms with Crippen LogP contribution in [0.25, 0.3) is 0 Å². The summed E-state index contributed by atoms with van der Waals surface area (Å²) in [5, 5.41) is 18.9. The fourth-order valence-electron chi connectivity index (χ4n) is 2.14. The van der Waals surface area contributed by atoms with Gasteiger partial charge in [0.1, 0.15) is 0 Å². The zero-order valence-electron chi connectivity index (χ0n) is 12.7. The standard InChI is InChI=1S/C16H22N4O2/c1-13(6-10-20-9-3-7-18-20)19-15-5-2-4-14(12-15)16(22)17-8-11-21/h2-5,7,9,12-13,19,21H,6,8,10-11H2,1H3,(H,17,22). The van der Waals surface area contributed by atoms with Crippen LogP contribution in [0.15, 0.2) is 42.7 Å². The Bertz CT molecular complexity index is 584. The first-order chi connectivity index (χ1) is 10.7. The molecule has 1 heterocycles. The van der Waals surface area contributed by atoms with E-state index >= 15 is 0 Å². The molecule has 118 valence electrons. The molecule has 2 rings (SSSR count). The molecule has 1 aromatic carbocycles. The van der Waals surface area contributed by atoms with Gasteiger partial charge in [0.25, 0.3) is 5.91 Å². The minimum atomic E-state index is -0.179. The summed E-state index contributed by atoms with van der Waals surface area (Å²) in [6.07, 6.45) is 4.65. The van der Waals surface area contributed by atoms with Gasteiger partial charge in [0.2, 0.25) is 0 Å². The highest BCUT2D eigenvalue weighted by Gasteiger charge is 2.07. The Balaban J connectivity index is 1.87. The van der Waals surface area contributed by atoms with Crippen molar-refractivity contribution >= 4 is 11.6 Å². The quantitative estimate of drug-likeness (QED) is 0.690. The molecule has 1 unspecified atom stereocenters. The molecule has 0 spiro atoms. The van der Waals surface area contributed by atoms with Crippen LogP contribution >= 0.6 is 0 Å². The van der Waals surface area contributed by atoms with Gasteiger partial charge in [-0.2, -0.15) is 5.10 Å². The normalized spacial score (nSPS) is 11.9. The molecule has 6 heteroatoms. The molecule has 2 aromatic rings. The maximum Gasteiger partial charge on any atom is 0.251 e. The number of nitrogens with one attached hydrogen (secondary N) is 2. The van der Waals surface area contributed by atoms with Gasteiger partial charge >= 0.3 is 0 Å². The summed E-state index contributed by atoms with van der Waals surface area (Å²) in [6, 6.07) is 9.53. The molecule has 0 bridgehead atoms.